The van der Waals surface area contributed by atoms with E-state index < -0.39 is 26.3 Å². The van der Waals surface area contributed by atoms with Gasteiger partial charge in [0.05, 0.1) is 5.02 Å². The zero-order chi connectivity index (χ0) is 16.7. The molecule has 0 aliphatic carbocycles. The van der Waals surface area contributed by atoms with Gasteiger partial charge in [0.1, 0.15) is 0 Å². The molecule has 1 heterocycles. The molecular weight excluding hydrogens is 332 g/mol. The largest absolute Gasteiger partial charge is 0.377 e. The Balaban J connectivity index is 2.69. The van der Waals surface area contributed by atoms with E-state index in [9.17, 15) is 18.0 Å². The van der Waals surface area contributed by atoms with E-state index in [0.717, 1.165) is 4.57 Å². The Bertz CT molecular complexity index is 959. The van der Waals surface area contributed by atoms with E-state index in [1.807, 2.05) is 0 Å². The van der Waals surface area contributed by atoms with Crippen molar-refractivity contribution in [2.45, 2.75) is 11.8 Å². The summed E-state index contributed by atoms with van der Waals surface area (Å²) in [6.45, 7) is 1.35. The van der Waals surface area contributed by atoms with Gasteiger partial charge in [0, 0.05) is 19.8 Å². The second kappa shape index (κ2) is 5.62. The third-order valence-electron chi connectivity index (χ3n) is 3.19. The fourth-order valence-corrected chi connectivity index (χ4v) is 3.41. The quantitative estimate of drug-likeness (QED) is 0.769. The lowest BCUT2D eigenvalue weighted by Gasteiger charge is -2.13. The highest BCUT2D eigenvalue weighted by Crippen LogP contribution is 2.26. The molecule has 2 aromatic rings. The summed E-state index contributed by atoms with van der Waals surface area (Å²) in [5.41, 5.74) is -1.59. The van der Waals surface area contributed by atoms with Gasteiger partial charge < -0.3 is 4.18 Å². The molecule has 0 bridgehead atoms. The van der Waals surface area contributed by atoms with E-state index in [1.165, 1.54) is 33.2 Å². The minimum atomic E-state index is -4.44. The van der Waals surface area contributed by atoms with Gasteiger partial charge in [0.15, 0.2) is 10.6 Å². The van der Waals surface area contributed by atoms with Crippen molar-refractivity contribution in [1.82, 2.24) is 9.13 Å². The molecule has 0 atom stereocenters. The molecule has 0 N–H and O–H groups in total. The van der Waals surface area contributed by atoms with Crippen molar-refractivity contribution >= 4 is 21.7 Å². The summed E-state index contributed by atoms with van der Waals surface area (Å²) in [7, 11) is -1.88. The van der Waals surface area contributed by atoms with Crippen LogP contribution in [0.2, 0.25) is 5.02 Å². The van der Waals surface area contributed by atoms with Crippen LogP contribution in [0.3, 0.4) is 0 Å². The summed E-state index contributed by atoms with van der Waals surface area (Å²) in [4.78, 5) is 23.3. The van der Waals surface area contributed by atoms with E-state index in [1.54, 1.807) is 12.1 Å². The molecular formula is C13H13ClN2O5S. The molecule has 0 saturated carbocycles. The Morgan fingerprint density at radius 2 is 1.68 bits per heavy atom. The van der Waals surface area contributed by atoms with Crippen LogP contribution in [-0.4, -0.2) is 17.6 Å². The van der Waals surface area contributed by atoms with Crippen LogP contribution in [-0.2, 0) is 24.2 Å². The van der Waals surface area contributed by atoms with Crippen molar-refractivity contribution in [2.24, 2.45) is 14.1 Å². The van der Waals surface area contributed by atoms with Gasteiger partial charge in [-0.15, -0.1) is 0 Å². The van der Waals surface area contributed by atoms with Gasteiger partial charge >= 0.3 is 15.8 Å². The first-order valence-electron chi connectivity index (χ1n) is 6.12. The highest BCUT2D eigenvalue weighted by Gasteiger charge is 2.27. The van der Waals surface area contributed by atoms with Crippen molar-refractivity contribution in [3.05, 3.63) is 55.8 Å². The van der Waals surface area contributed by atoms with Crippen molar-refractivity contribution < 1.29 is 12.6 Å². The molecule has 22 heavy (non-hydrogen) atoms. The maximum Gasteiger partial charge on any atom is 0.346 e. The van der Waals surface area contributed by atoms with Gasteiger partial charge in [-0.05, 0) is 19.1 Å². The molecule has 7 nitrogen and oxygen atoms in total. The van der Waals surface area contributed by atoms with Crippen molar-refractivity contribution in [3.63, 3.8) is 0 Å². The minimum Gasteiger partial charge on any atom is -0.377 e. The van der Waals surface area contributed by atoms with Gasteiger partial charge in [-0.1, -0.05) is 23.7 Å². The number of rotatable bonds is 3. The highest BCUT2D eigenvalue weighted by molar-refractivity contribution is 7.87. The lowest BCUT2D eigenvalue weighted by molar-refractivity contribution is 0.478. The zero-order valence-corrected chi connectivity index (χ0v) is 13.6. The van der Waals surface area contributed by atoms with Gasteiger partial charge in [-0.2, -0.15) is 8.42 Å². The topological polar surface area (TPSA) is 87.4 Å². The van der Waals surface area contributed by atoms with Crippen molar-refractivity contribution in [1.29, 1.82) is 0 Å². The normalized spacial score (nSPS) is 11.5. The lowest BCUT2D eigenvalue weighted by Crippen LogP contribution is -2.41. The number of para-hydroxylation sites is 1. The van der Waals surface area contributed by atoms with Gasteiger partial charge in [0.25, 0.3) is 5.56 Å². The molecule has 1 aromatic carbocycles. The monoisotopic (exact) mass is 344 g/mol. The third kappa shape index (κ3) is 2.67. The number of benzene rings is 1. The smallest absolute Gasteiger partial charge is 0.346 e. The SMILES string of the molecule is Cc1c(S(=O)(=O)Oc2ccccc2Cl)c(=O)n(C)c(=O)n1C. The molecule has 9 heteroatoms. The fourth-order valence-electron chi connectivity index (χ4n) is 1.87. The first kappa shape index (κ1) is 16.3. The van der Waals surface area contributed by atoms with E-state index in [2.05, 4.69) is 0 Å². The Hall–Kier alpha value is -2.06. The summed E-state index contributed by atoms with van der Waals surface area (Å²) in [5.74, 6) is -0.0977. The van der Waals surface area contributed by atoms with E-state index in [4.69, 9.17) is 15.8 Å². The standard InChI is InChI=1S/C13H13ClN2O5S/c1-8-11(12(17)16(3)13(18)15(8)2)22(19,20)21-10-7-5-4-6-9(10)14/h4-7H,1-3H3. The number of aromatic nitrogens is 2. The Morgan fingerprint density at radius 1 is 1.09 bits per heavy atom. The van der Waals surface area contributed by atoms with E-state index in [-0.39, 0.29) is 16.5 Å². The zero-order valence-electron chi connectivity index (χ0n) is 12.0. The molecule has 0 saturated heterocycles. The molecule has 0 amide bonds. The van der Waals surface area contributed by atoms with Crippen molar-refractivity contribution in [3.8, 4) is 5.75 Å². The molecule has 0 radical (unpaired) electrons. The number of hydrogen-bond donors (Lipinski definition) is 0. The van der Waals surface area contributed by atoms with Crippen LogP contribution in [0.4, 0.5) is 0 Å². The second-order valence-electron chi connectivity index (χ2n) is 4.59. The van der Waals surface area contributed by atoms with Gasteiger partial charge in [0.2, 0.25) is 0 Å². The van der Waals surface area contributed by atoms with Crippen LogP contribution < -0.4 is 15.4 Å². The van der Waals surface area contributed by atoms with E-state index >= 15 is 0 Å². The first-order chi connectivity index (χ1) is 10.2. The maximum atomic E-state index is 12.4. The third-order valence-corrected chi connectivity index (χ3v) is 4.87. The molecule has 0 fully saturated rings. The molecule has 0 spiro atoms. The number of halogens is 1. The number of nitrogens with zero attached hydrogens (tertiary/aromatic N) is 2. The molecule has 0 aliphatic rings. The predicted octanol–water partition coefficient (Wildman–Crippen LogP) is 0.814. The van der Waals surface area contributed by atoms with E-state index in [0.29, 0.717) is 4.57 Å². The summed E-state index contributed by atoms with van der Waals surface area (Å²) in [5, 5.41) is 0.0883. The van der Waals surface area contributed by atoms with Crippen LogP contribution in [0.1, 0.15) is 5.69 Å². The summed E-state index contributed by atoms with van der Waals surface area (Å²) in [6, 6.07) is 5.97. The number of hydrogen-bond acceptors (Lipinski definition) is 5. The Labute approximate surface area is 131 Å². The second-order valence-corrected chi connectivity index (χ2v) is 6.48. The molecule has 0 unspecified atom stereocenters. The minimum absolute atomic E-state index is 0.0137. The van der Waals surface area contributed by atoms with Crippen LogP contribution in [0.5, 0.6) is 5.75 Å². The molecule has 0 aliphatic heterocycles. The van der Waals surface area contributed by atoms with Crippen molar-refractivity contribution in [2.75, 3.05) is 0 Å². The first-order valence-corrected chi connectivity index (χ1v) is 7.91. The van der Waals surface area contributed by atoms with Gasteiger partial charge in [-0.25, -0.2) is 4.79 Å². The summed E-state index contributed by atoms with van der Waals surface area (Å²) < 4.78 is 31.5. The Kier molecular flexibility index (Phi) is 4.17. The van der Waals surface area contributed by atoms with Crippen LogP contribution in [0.15, 0.2) is 38.8 Å². The fraction of sp³-hybridized carbons (Fsp3) is 0.231. The van der Waals surface area contributed by atoms with Crippen LogP contribution >= 0.6 is 11.6 Å². The summed E-state index contributed by atoms with van der Waals surface area (Å²) in [6.07, 6.45) is 0. The molecule has 2 rings (SSSR count). The predicted molar refractivity (Wildman–Crippen MR) is 80.9 cm³/mol. The molecule has 118 valence electrons. The van der Waals surface area contributed by atoms with Crippen LogP contribution in [0, 0.1) is 6.92 Å². The average molecular weight is 345 g/mol. The summed E-state index contributed by atoms with van der Waals surface area (Å²) >= 11 is 5.86. The maximum absolute atomic E-state index is 12.4. The average Bonchev–Trinajstić information content (AvgIpc) is 2.45. The molecule has 1 aromatic heterocycles. The highest BCUT2D eigenvalue weighted by atomic mass is 35.5. The van der Waals surface area contributed by atoms with Gasteiger partial charge in [-0.3, -0.25) is 13.9 Å². The Morgan fingerprint density at radius 3 is 2.27 bits per heavy atom. The lowest BCUT2D eigenvalue weighted by atomic mass is 10.3. The van der Waals surface area contributed by atoms with Crippen LogP contribution in [0.25, 0.3) is 0 Å².